The Kier molecular flexibility index (Phi) is 30.3. The van der Waals surface area contributed by atoms with E-state index in [0.717, 1.165) is 51.4 Å². The molecule has 3 unspecified atom stereocenters. The van der Waals surface area contributed by atoms with Crippen molar-refractivity contribution in [3.8, 4) is 0 Å². The van der Waals surface area contributed by atoms with Gasteiger partial charge in [-0.1, -0.05) is 134 Å². The number of nitrogens with one attached hydrogen (secondary N) is 1. The van der Waals surface area contributed by atoms with E-state index in [4.69, 9.17) is 9.05 Å². The van der Waals surface area contributed by atoms with Crippen LogP contribution in [0.15, 0.2) is 24.3 Å². The monoisotopic (exact) mass is 688 g/mol. The highest BCUT2D eigenvalue weighted by molar-refractivity contribution is 7.47. The number of rotatable bonds is 34. The second-order valence-corrected chi connectivity index (χ2v) is 15.8. The van der Waals surface area contributed by atoms with Crippen LogP contribution in [0.3, 0.4) is 0 Å². The van der Waals surface area contributed by atoms with Crippen molar-refractivity contribution in [1.82, 2.24) is 5.32 Å². The highest BCUT2D eigenvalue weighted by atomic mass is 31.2. The lowest BCUT2D eigenvalue weighted by Gasteiger charge is -2.25. The minimum atomic E-state index is -4.33. The summed E-state index contributed by atoms with van der Waals surface area (Å²) in [4.78, 5) is 23.0. The molecule has 0 heterocycles. The van der Waals surface area contributed by atoms with Gasteiger partial charge in [-0.15, -0.1) is 0 Å². The van der Waals surface area contributed by atoms with Crippen LogP contribution in [-0.2, 0) is 18.4 Å². The molecule has 1 amide bonds. The topological polar surface area (TPSA) is 105 Å². The zero-order chi connectivity index (χ0) is 35.1. The molecule has 0 aliphatic heterocycles. The molecule has 0 aromatic heterocycles. The van der Waals surface area contributed by atoms with E-state index in [9.17, 15) is 19.4 Å². The fraction of sp³-hybridized carbons (Fsp3) is 0.868. The van der Waals surface area contributed by atoms with Gasteiger partial charge in [0.25, 0.3) is 0 Å². The van der Waals surface area contributed by atoms with Crippen molar-refractivity contribution in [2.45, 2.75) is 174 Å². The summed E-state index contributed by atoms with van der Waals surface area (Å²) in [5.41, 5.74) is 0. The van der Waals surface area contributed by atoms with E-state index in [2.05, 4.69) is 31.3 Å². The number of carbonyl (C=O) groups is 1. The summed E-state index contributed by atoms with van der Waals surface area (Å²) in [5.74, 6) is -0.189. The van der Waals surface area contributed by atoms with Crippen LogP contribution >= 0.6 is 7.82 Å². The van der Waals surface area contributed by atoms with E-state index in [1.54, 1.807) is 6.08 Å². The van der Waals surface area contributed by atoms with E-state index in [0.29, 0.717) is 17.4 Å². The van der Waals surface area contributed by atoms with Crippen LogP contribution in [0.4, 0.5) is 0 Å². The Labute approximate surface area is 290 Å². The number of unbranched alkanes of at least 4 members (excludes halogenated alkanes) is 19. The van der Waals surface area contributed by atoms with Crippen molar-refractivity contribution >= 4 is 13.7 Å². The minimum Gasteiger partial charge on any atom is -0.387 e. The predicted octanol–water partition coefficient (Wildman–Crippen LogP) is 9.80. The molecule has 0 rings (SSSR count). The van der Waals surface area contributed by atoms with Crippen molar-refractivity contribution in [3.63, 3.8) is 0 Å². The summed E-state index contributed by atoms with van der Waals surface area (Å²) in [5, 5.41) is 13.7. The van der Waals surface area contributed by atoms with Gasteiger partial charge in [0, 0.05) is 6.42 Å². The number of aliphatic hydroxyl groups is 1. The Balaban J connectivity index is 4.54. The van der Waals surface area contributed by atoms with Crippen LogP contribution in [0.2, 0.25) is 0 Å². The van der Waals surface area contributed by atoms with Gasteiger partial charge >= 0.3 is 7.82 Å². The first-order valence-corrected chi connectivity index (χ1v) is 20.7. The molecule has 0 fully saturated rings. The quantitative estimate of drug-likeness (QED) is 0.0269. The molecule has 3 N–H and O–H groups in total. The van der Waals surface area contributed by atoms with Crippen molar-refractivity contribution in [2.75, 3.05) is 40.9 Å². The summed E-state index contributed by atoms with van der Waals surface area (Å²) < 4.78 is 23.4. The van der Waals surface area contributed by atoms with E-state index in [1.807, 2.05) is 27.2 Å². The number of amides is 1. The molecular formula is C38H76N2O6P+. The lowest BCUT2D eigenvalue weighted by atomic mass is 10.1. The molecule has 0 aromatic rings. The SMILES string of the molecule is CCCCCCC/C=C\CCCCCCCC(=O)NC(COP(=O)(O)OCC[N+](C)(C)C)C(O)/C=C/CCCCCCCCCCC. The average Bonchev–Trinajstić information content (AvgIpc) is 3.01. The first-order chi connectivity index (χ1) is 22.5. The second-order valence-electron chi connectivity index (χ2n) is 14.3. The Morgan fingerprint density at radius 3 is 1.64 bits per heavy atom. The number of nitrogens with zero attached hydrogens (tertiary/aromatic N) is 1. The highest BCUT2D eigenvalue weighted by Crippen LogP contribution is 2.43. The molecule has 0 bridgehead atoms. The Morgan fingerprint density at radius 2 is 1.15 bits per heavy atom. The zero-order valence-corrected chi connectivity index (χ0v) is 32.2. The number of carbonyl (C=O) groups excluding carboxylic acids is 1. The van der Waals surface area contributed by atoms with Crippen LogP contribution in [0, 0.1) is 0 Å². The molecule has 278 valence electrons. The van der Waals surface area contributed by atoms with Crippen LogP contribution in [0.1, 0.15) is 162 Å². The lowest BCUT2D eigenvalue weighted by Crippen LogP contribution is -2.45. The van der Waals surface area contributed by atoms with Crippen molar-refractivity contribution in [3.05, 3.63) is 24.3 Å². The molecule has 47 heavy (non-hydrogen) atoms. The molecule has 0 aliphatic rings. The minimum absolute atomic E-state index is 0.0604. The van der Waals surface area contributed by atoms with Gasteiger partial charge < -0.3 is 19.8 Å². The Bertz CT molecular complexity index is 829. The molecule has 0 spiro atoms. The van der Waals surface area contributed by atoms with Crippen LogP contribution in [0.25, 0.3) is 0 Å². The fourth-order valence-electron chi connectivity index (χ4n) is 5.27. The van der Waals surface area contributed by atoms with Gasteiger partial charge in [0.05, 0.1) is 39.9 Å². The fourth-order valence-corrected chi connectivity index (χ4v) is 6.00. The van der Waals surface area contributed by atoms with E-state index < -0.39 is 20.0 Å². The molecule has 3 atom stereocenters. The smallest absolute Gasteiger partial charge is 0.387 e. The van der Waals surface area contributed by atoms with Gasteiger partial charge in [0.15, 0.2) is 0 Å². The largest absolute Gasteiger partial charge is 0.472 e. The number of likely N-dealkylation sites (N-methyl/N-ethyl adjacent to an activating group) is 1. The number of hydrogen-bond donors (Lipinski definition) is 3. The first kappa shape index (κ1) is 46.0. The summed E-state index contributed by atoms with van der Waals surface area (Å²) in [7, 11) is 1.56. The van der Waals surface area contributed by atoms with E-state index >= 15 is 0 Å². The summed E-state index contributed by atoms with van der Waals surface area (Å²) in [6.45, 7) is 4.76. The molecular weight excluding hydrogens is 611 g/mol. The molecule has 0 radical (unpaired) electrons. The summed E-state index contributed by atoms with van der Waals surface area (Å²) in [6.07, 6.45) is 33.8. The van der Waals surface area contributed by atoms with Crippen molar-refractivity contribution in [2.24, 2.45) is 0 Å². The molecule has 0 saturated heterocycles. The van der Waals surface area contributed by atoms with Gasteiger partial charge in [-0.25, -0.2) is 4.57 Å². The number of allylic oxidation sites excluding steroid dienone is 3. The molecule has 8 nitrogen and oxygen atoms in total. The Morgan fingerprint density at radius 1 is 0.702 bits per heavy atom. The molecule has 9 heteroatoms. The van der Waals surface area contributed by atoms with E-state index in [1.165, 1.54) is 89.9 Å². The number of phosphoric ester groups is 1. The molecule has 0 saturated carbocycles. The van der Waals surface area contributed by atoms with Crippen LogP contribution in [-0.4, -0.2) is 73.4 Å². The van der Waals surface area contributed by atoms with Crippen LogP contribution < -0.4 is 5.32 Å². The highest BCUT2D eigenvalue weighted by Gasteiger charge is 2.27. The molecule has 0 aromatic carbocycles. The maximum Gasteiger partial charge on any atom is 0.472 e. The third-order valence-corrected chi connectivity index (χ3v) is 9.40. The van der Waals surface area contributed by atoms with Gasteiger partial charge in [0.1, 0.15) is 13.2 Å². The standard InChI is InChI=1S/C38H75N2O6P/c1-6-8-10-12-14-16-18-19-20-22-24-26-28-30-32-38(42)39-36(35-46-47(43,44)45-34-33-40(3,4)5)37(41)31-29-27-25-23-21-17-15-13-11-9-7-2/h18-19,29,31,36-37,41H,6-17,20-28,30,32-35H2,1-5H3,(H-,39,42,43,44)/p+1/b19-18-,31-29+. The maximum absolute atomic E-state index is 12.8. The second kappa shape index (κ2) is 31.0. The Hall–Kier alpha value is -1.02. The van der Waals surface area contributed by atoms with Gasteiger partial charge in [-0.05, 0) is 44.9 Å². The average molecular weight is 688 g/mol. The van der Waals surface area contributed by atoms with Gasteiger partial charge in [0.2, 0.25) is 5.91 Å². The zero-order valence-electron chi connectivity index (χ0n) is 31.3. The number of quaternary nitrogens is 1. The maximum atomic E-state index is 12.8. The lowest BCUT2D eigenvalue weighted by molar-refractivity contribution is -0.870. The van der Waals surface area contributed by atoms with Crippen molar-refractivity contribution in [1.29, 1.82) is 0 Å². The van der Waals surface area contributed by atoms with Crippen molar-refractivity contribution < 1.29 is 32.9 Å². The molecule has 0 aliphatic carbocycles. The first-order valence-electron chi connectivity index (χ1n) is 19.2. The van der Waals surface area contributed by atoms with Crippen LogP contribution in [0.5, 0.6) is 0 Å². The summed E-state index contributed by atoms with van der Waals surface area (Å²) >= 11 is 0. The normalized spacial score (nSPS) is 15.0. The number of hydrogen-bond acceptors (Lipinski definition) is 5. The summed E-state index contributed by atoms with van der Waals surface area (Å²) in [6, 6.07) is -0.845. The number of aliphatic hydroxyl groups excluding tert-OH is 1. The number of phosphoric acid groups is 1. The van der Waals surface area contributed by atoms with E-state index in [-0.39, 0.29) is 19.1 Å². The predicted molar refractivity (Wildman–Crippen MR) is 198 cm³/mol. The van der Waals surface area contributed by atoms with Gasteiger partial charge in [-0.2, -0.15) is 0 Å². The van der Waals surface area contributed by atoms with Gasteiger partial charge in [-0.3, -0.25) is 13.8 Å². The third-order valence-electron chi connectivity index (χ3n) is 8.42. The third kappa shape index (κ3) is 33.3.